The van der Waals surface area contributed by atoms with E-state index in [0.29, 0.717) is 6.04 Å². The molecule has 0 spiro atoms. The standard InChI is InChI=1S/C20H27N3O/c1-15-5-6-16-14-19(21-18(16)13-15)20(24)23-11-7-17(8-12-23)22-9-3-2-4-10-22/h5-6,13-14,17,21H,2-4,7-12H2,1H3. The molecular weight excluding hydrogens is 298 g/mol. The molecule has 2 aliphatic rings. The number of H-pyrrole nitrogens is 1. The van der Waals surface area contributed by atoms with Gasteiger partial charge in [0.05, 0.1) is 0 Å². The molecule has 0 atom stereocenters. The maximum atomic E-state index is 12.8. The largest absolute Gasteiger partial charge is 0.351 e. The van der Waals surface area contributed by atoms with Crippen LogP contribution >= 0.6 is 0 Å². The number of aromatic amines is 1. The smallest absolute Gasteiger partial charge is 0.270 e. The van der Waals surface area contributed by atoms with E-state index in [4.69, 9.17) is 0 Å². The zero-order valence-corrected chi connectivity index (χ0v) is 14.6. The Morgan fingerprint density at radius 2 is 1.79 bits per heavy atom. The lowest BCUT2D eigenvalue weighted by atomic mass is 10.00. The van der Waals surface area contributed by atoms with Crippen LogP contribution in [0.1, 0.15) is 48.2 Å². The van der Waals surface area contributed by atoms with E-state index in [1.807, 2.05) is 11.0 Å². The van der Waals surface area contributed by atoms with Gasteiger partial charge in [-0.15, -0.1) is 0 Å². The topological polar surface area (TPSA) is 39.3 Å². The molecule has 2 saturated heterocycles. The summed E-state index contributed by atoms with van der Waals surface area (Å²) in [6.45, 7) is 6.34. The van der Waals surface area contributed by atoms with Crippen LogP contribution in [-0.4, -0.2) is 52.9 Å². The lowest BCUT2D eigenvalue weighted by molar-refractivity contribution is 0.0585. The number of carbonyl (C=O) groups excluding carboxylic acids is 1. The summed E-state index contributed by atoms with van der Waals surface area (Å²) in [6, 6.07) is 8.96. The number of piperidine rings is 2. The van der Waals surface area contributed by atoms with Crippen molar-refractivity contribution < 1.29 is 4.79 Å². The molecular formula is C20H27N3O. The summed E-state index contributed by atoms with van der Waals surface area (Å²) in [4.78, 5) is 20.8. The minimum atomic E-state index is 0.154. The number of hydrogen-bond donors (Lipinski definition) is 1. The number of aromatic nitrogens is 1. The number of carbonyl (C=O) groups is 1. The molecule has 0 bridgehead atoms. The Balaban J connectivity index is 1.41. The summed E-state index contributed by atoms with van der Waals surface area (Å²) in [7, 11) is 0. The zero-order valence-electron chi connectivity index (χ0n) is 14.6. The third kappa shape index (κ3) is 3.07. The van der Waals surface area contributed by atoms with Gasteiger partial charge in [-0.3, -0.25) is 4.79 Å². The van der Waals surface area contributed by atoms with Gasteiger partial charge in [-0.1, -0.05) is 18.6 Å². The maximum absolute atomic E-state index is 12.8. The van der Waals surface area contributed by atoms with E-state index >= 15 is 0 Å². The van der Waals surface area contributed by atoms with Gasteiger partial charge in [0.1, 0.15) is 5.69 Å². The predicted octanol–water partition coefficient (Wildman–Crippen LogP) is 3.57. The first-order chi connectivity index (χ1) is 11.7. The maximum Gasteiger partial charge on any atom is 0.270 e. The number of likely N-dealkylation sites (tertiary alicyclic amines) is 2. The van der Waals surface area contributed by atoms with Crippen molar-refractivity contribution in [3.05, 3.63) is 35.5 Å². The van der Waals surface area contributed by atoms with Gasteiger partial charge in [-0.05, 0) is 63.4 Å². The highest BCUT2D eigenvalue weighted by atomic mass is 16.2. The van der Waals surface area contributed by atoms with Crippen molar-refractivity contribution >= 4 is 16.8 Å². The van der Waals surface area contributed by atoms with Crippen molar-refractivity contribution in [2.24, 2.45) is 0 Å². The Kier molecular flexibility index (Phi) is 4.31. The number of hydrogen-bond acceptors (Lipinski definition) is 2. The summed E-state index contributed by atoms with van der Waals surface area (Å²) in [5, 5.41) is 1.12. The Labute approximate surface area is 143 Å². The molecule has 2 aromatic rings. The summed E-state index contributed by atoms with van der Waals surface area (Å²) in [5.74, 6) is 0.154. The number of benzene rings is 1. The number of aryl methyl sites for hydroxylation is 1. The lowest BCUT2D eigenvalue weighted by Gasteiger charge is -2.40. The Bertz CT molecular complexity index is 722. The average Bonchev–Trinajstić information content (AvgIpc) is 3.05. The van der Waals surface area contributed by atoms with Crippen LogP contribution in [0.25, 0.3) is 10.9 Å². The Morgan fingerprint density at radius 3 is 2.54 bits per heavy atom. The van der Waals surface area contributed by atoms with Crippen LogP contribution in [0.5, 0.6) is 0 Å². The Morgan fingerprint density at radius 1 is 1.04 bits per heavy atom. The third-order valence-electron chi connectivity index (χ3n) is 5.67. The second kappa shape index (κ2) is 6.60. The van der Waals surface area contributed by atoms with Gasteiger partial charge in [0.15, 0.2) is 0 Å². The molecule has 1 aromatic heterocycles. The van der Waals surface area contributed by atoms with E-state index in [-0.39, 0.29) is 5.91 Å². The van der Waals surface area contributed by atoms with Crippen LogP contribution in [0.4, 0.5) is 0 Å². The number of nitrogens with one attached hydrogen (secondary N) is 1. The fourth-order valence-electron chi connectivity index (χ4n) is 4.24. The van der Waals surface area contributed by atoms with Crippen LogP contribution in [0, 0.1) is 6.92 Å². The first-order valence-electron chi connectivity index (χ1n) is 9.33. The SMILES string of the molecule is Cc1ccc2cc(C(=O)N3CCC(N4CCCCC4)CC3)[nH]c2c1. The zero-order chi connectivity index (χ0) is 16.5. The molecule has 1 aromatic carbocycles. The van der Waals surface area contributed by atoms with Gasteiger partial charge in [0, 0.05) is 30.0 Å². The van der Waals surface area contributed by atoms with Crippen molar-refractivity contribution in [2.75, 3.05) is 26.2 Å². The van der Waals surface area contributed by atoms with E-state index in [1.54, 1.807) is 0 Å². The van der Waals surface area contributed by atoms with E-state index in [9.17, 15) is 4.79 Å². The molecule has 4 nitrogen and oxygen atoms in total. The normalized spacial score (nSPS) is 20.6. The highest BCUT2D eigenvalue weighted by Gasteiger charge is 2.28. The molecule has 2 aliphatic heterocycles. The van der Waals surface area contributed by atoms with E-state index in [1.165, 1.54) is 37.9 Å². The second-order valence-electron chi connectivity index (χ2n) is 7.39. The molecule has 128 valence electrons. The highest BCUT2D eigenvalue weighted by molar-refractivity contribution is 5.98. The van der Waals surface area contributed by atoms with E-state index in [2.05, 4.69) is 35.0 Å². The minimum absolute atomic E-state index is 0.154. The summed E-state index contributed by atoms with van der Waals surface area (Å²) in [5.41, 5.74) is 3.00. The summed E-state index contributed by atoms with van der Waals surface area (Å²) in [6.07, 6.45) is 6.30. The fourth-order valence-corrected chi connectivity index (χ4v) is 4.24. The molecule has 1 N–H and O–H groups in total. The van der Waals surface area contributed by atoms with Gasteiger partial charge in [-0.25, -0.2) is 0 Å². The average molecular weight is 325 g/mol. The van der Waals surface area contributed by atoms with Gasteiger partial charge < -0.3 is 14.8 Å². The second-order valence-corrected chi connectivity index (χ2v) is 7.39. The molecule has 24 heavy (non-hydrogen) atoms. The molecule has 2 fully saturated rings. The summed E-state index contributed by atoms with van der Waals surface area (Å²) >= 11 is 0. The van der Waals surface area contributed by atoms with Gasteiger partial charge in [0.2, 0.25) is 0 Å². The Hall–Kier alpha value is -1.81. The van der Waals surface area contributed by atoms with E-state index < -0.39 is 0 Å². The molecule has 0 unspecified atom stereocenters. The van der Waals surface area contributed by atoms with E-state index in [0.717, 1.165) is 42.5 Å². The molecule has 1 amide bonds. The molecule has 0 saturated carbocycles. The first kappa shape index (κ1) is 15.7. The first-order valence-corrected chi connectivity index (χ1v) is 9.33. The van der Waals surface area contributed by atoms with Crippen LogP contribution in [0.15, 0.2) is 24.3 Å². The number of amides is 1. The fraction of sp³-hybridized carbons (Fsp3) is 0.550. The molecule has 3 heterocycles. The monoisotopic (exact) mass is 325 g/mol. The van der Waals surface area contributed by atoms with Gasteiger partial charge >= 0.3 is 0 Å². The summed E-state index contributed by atoms with van der Waals surface area (Å²) < 4.78 is 0. The number of nitrogens with zero attached hydrogens (tertiary/aromatic N) is 2. The number of fused-ring (bicyclic) bond motifs is 1. The molecule has 4 rings (SSSR count). The molecule has 0 radical (unpaired) electrons. The molecule has 0 aliphatic carbocycles. The quantitative estimate of drug-likeness (QED) is 0.917. The minimum Gasteiger partial charge on any atom is -0.351 e. The third-order valence-corrected chi connectivity index (χ3v) is 5.67. The van der Waals surface area contributed by atoms with Crippen LogP contribution in [-0.2, 0) is 0 Å². The van der Waals surface area contributed by atoms with Crippen molar-refractivity contribution in [3.63, 3.8) is 0 Å². The van der Waals surface area contributed by atoms with Gasteiger partial charge in [-0.2, -0.15) is 0 Å². The molecule has 4 heteroatoms. The highest BCUT2D eigenvalue weighted by Crippen LogP contribution is 2.23. The predicted molar refractivity (Wildman–Crippen MR) is 97.4 cm³/mol. The van der Waals surface area contributed by atoms with Crippen LogP contribution in [0.2, 0.25) is 0 Å². The van der Waals surface area contributed by atoms with Crippen LogP contribution in [0.3, 0.4) is 0 Å². The number of rotatable bonds is 2. The van der Waals surface area contributed by atoms with Crippen molar-refractivity contribution in [1.29, 1.82) is 0 Å². The lowest BCUT2D eigenvalue weighted by Crippen LogP contribution is -2.48. The van der Waals surface area contributed by atoms with Crippen molar-refractivity contribution in [2.45, 2.75) is 45.1 Å². The van der Waals surface area contributed by atoms with Crippen molar-refractivity contribution in [3.8, 4) is 0 Å². The van der Waals surface area contributed by atoms with Crippen molar-refractivity contribution in [1.82, 2.24) is 14.8 Å². The van der Waals surface area contributed by atoms with Crippen LogP contribution < -0.4 is 0 Å². The van der Waals surface area contributed by atoms with Gasteiger partial charge in [0.25, 0.3) is 5.91 Å².